The van der Waals surface area contributed by atoms with Crippen molar-refractivity contribution in [3.8, 4) is 0 Å². The molecule has 138 valence electrons. The largest absolute Gasteiger partial charge is 0.375 e. The Morgan fingerprint density at radius 2 is 1.92 bits per heavy atom. The number of methoxy groups -OCH3 is 1. The first-order chi connectivity index (χ1) is 12.3. The summed E-state index contributed by atoms with van der Waals surface area (Å²) in [6, 6.07) is 10.3. The number of sulfonamides is 1. The van der Waals surface area contributed by atoms with Gasteiger partial charge in [0.05, 0.1) is 4.90 Å². The Balaban J connectivity index is 1.83. The van der Waals surface area contributed by atoms with Gasteiger partial charge in [-0.05, 0) is 67.3 Å². The summed E-state index contributed by atoms with van der Waals surface area (Å²) < 4.78 is 32.8. The Morgan fingerprint density at radius 1 is 1.15 bits per heavy atom. The molecule has 2 aromatic rings. The summed E-state index contributed by atoms with van der Waals surface area (Å²) in [7, 11) is -2.17. The summed E-state index contributed by atoms with van der Waals surface area (Å²) >= 11 is 0. The summed E-state index contributed by atoms with van der Waals surface area (Å²) in [6.07, 6.45) is 0.685. The molecule has 1 aliphatic rings. The van der Waals surface area contributed by atoms with Crippen LogP contribution in [-0.4, -0.2) is 34.6 Å². The van der Waals surface area contributed by atoms with Crippen LogP contribution in [0.3, 0.4) is 0 Å². The van der Waals surface area contributed by atoms with E-state index in [9.17, 15) is 13.2 Å². The predicted molar refractivity (Wildman–Crippen MR) is 101 cm³/mol. The zero-order valence-corrected chi connectivity index (χ0v) is 15.9. The van der Waals surface area contributed by atoms with E-state index in [1.807, 2.05) is 13.8 Å². The molecule has 0 aromatic heterocycles. The fourth-order valence-corrected chi connectivity index (χ4v) is 4.16. The standard InChI is InChI=1S/C19H22N2O4S/c1-13-4-6-17(10-14(13)2)26(23,24)20-16-5-7-18-15(11-16)8-9-21(18)19(22)12-25-3/h4-7,10-11,20H,8-9,12H2,1-3H3. The van der Waals surface area contributed by atoms with Gasteiger partial charge in [0.25, 0.3) is 15.9 Å². The number of hydrogen-bond donors (Lipinski definition) is 1. The van der Waals surface area contributed by atoms with Gasteiger partial charge in [-0.2, -0.15) is 0 Å². The molecule has 0 radical (unpaired) electrons. The van der Waals surface area contributed by atoms with Crippen molar-refractivity contribution in [2.24, 2.45) is 0 Å². The third-order valence-electron chi connectivity index (χ3n) is 4.58. The summed E-state index contributed by atoms with van der Waals surface area (Å²) in [5, 5.41) is 0. The number of nitrogens with zero attached hydrogens (tertiary/aromatic N) is 1. The van der Waals surface area contributed by atoms with Crippen LogP contribution in [0.2, 0.25) is 0 Å². The summed E-state index contributed by atoms with van der Waals surface area (Å²) in [5.41, 5.74) is 4.20. The minimum atomic E-state index is -3.66. The molecule has 26 heavy (non-hydrogen) atoms. The number of amides is 1. The van der Waals surface area contributed by atoms with Crippen LogP contribution in [0.15, 0.2) is 41.3 Å². The van der Waals surface area contributed by atoms with E-state index in [1.54, 1.807) is 41.3 Å². The minimum Gasteiger partial charge on any atom is -0.375 e. The van der Waals surface area contributed by atoms with Crippen LogP contribution in [0.4, 0.5) is 11.4 Å². The number of aryl methyl sites for hydroxylation is 2. The molecule has 0 saturated heterocycles. The lowest BCUT2D eigenvalue weighted by Gasteiger charge is -2.17. The molecule has 0 spiro atoms. The maximum absolute atomic E-state index is 12.6. The van der Waals surface area contributed by atoms with Gasteiger partial charge in [-0.1, -0.05) is 6.07 Å². The number of fused-ring (bicyclic) bond motifs is 1. The van der Waals surface area contributed by atoms with E-state index in [0.717, 1.165) is 22.4 Å². The Hall–Kier alpha value is -2.38. The van der Waals surface area contributed by atoms with Gasteiger partial charge in [-0.15, -0.1) is 0 Å². The molecule has 3 rings (SSSR count). The zero-order valence-electron chi connectivity index (χ0n) is 15.1. The van der Waals surface area contributed by atoms with Crippen molar-refractivity contribution in [1.82, 2.24) is 0 Å². The third-order valence-corrected chi connectivity index (χ3v) is 5.96. The number of hydrogen-bond acceptors (Lipinski definition) is 4. The van der Waals surface area contributed by atoms with Crippen LogP contribution in [0.1, 0.15) is 16.7 Å². The van der Waals surface area contributed by atoms with E-state index in [1.165, 1.54) is 7.11 Å². The second-order valence-corrected chi connectivity index (χ2v) is 8.11. The smallest absolute Gasteiger partial charge is 0.261 e. The zero-order chi connectivity index (χ0) is 18.9. The first-order valence-corrected chi connectivity index (χ1v) is 9.82. The summed E-state index contributed by atoms with van der Waals surface area (Å²) in [4.78, 5) is 14.0. The second-order valence-electron chi connectivity index (χ2n) is 6.42. The van der Waals surface area contributed by atoms with Gasteiger partial charge in [0.2, 0.25) is 0 Å². The van der Waals surface area contributed by atoms with Crippen molar-refractivity contribution < 1.29 is 17.9 Å². The highest BCUT2D eigenvalue weighted by molar-refractivity contribution is 7.92. The monoisotopic (exact) mass is 374 g/mol. The summed E-state index contributed by atoms with van der Waals surface area (Å²) in [6.45, 7) is 4.43. The summed E-state index contributed by atoms with van der Waals surface area (Å²) in [5.74, 6) is -0.102. The van der Waals surface area contributed by atoms with Crippen molar-refractivity contribution in [3.05, 3.63) is 53.1 Å². The SMILES string of the molecule is COCC(=O)N1CCc2cc(NS(=O)(=O)c3ccc(C)c(C)c3)ccc21. The molecule has 7 heteroatoms. The predicted octanol–water partition coefficient (Wildman–Crippen LogP) is 2.64. The van der Waals surface area contributed by atoms with Crippen molar-refractivity contribution in [3.63, 3.8) is 0 Å². The van der Waals surface area contributed by atoms with E-state index in [0.29, 0.717) is 18.7 Å². The number of rotatable bonds is 5. The first-order valence-electron chi connectivity index (χ1n) is 8.34. The number of carbonyl (C=O) groups is 1. The average Bonchev–Trinajstić information content (AvgIpc) is 3.00. The van der Waals surface area contributed by atoms with Crippen molar-refractivity contribution in [1.29, 1.82) is 0 Å². The van der Waals surface area contributed by atoms with Crippen LogP contribution in [0.5, 0.6) is 0 Å². The number of carbonyl (C=O) groups excluding carboxylic acids is 1. The van der Waals surface area contributed by atoms with E-state index in [2.05, 4.69) is 4.72 Å². The fraction of sp³-hybridized carbons (Fsp3) is 0.316. The Morgan fingerprint density at radius 3 is 2.62 bits per heavy atom. The van der Waals surface area contributed by atoms with Crippen molar-refractivity contribution in [2.75, 3.05) is 29.9 Å². The molecule has 0 unspecified atom stereocenters. The Kier molecular flexibility index (Phi) is 5.02. The lowest BCUT2D eigenvalue weighted by atomic mass is 10.1. The topological polar surface area (TPSA) is 75.7 Å². The molecule has 1 N–H and O–H groups in total. The average molecular weight is 374 g/mol. The van der Waals surface area contributed by atoms with Crippen LogP contribution >= 0.6 is 0 Å². The highest BCUT2D eigenvalue weighted by atomic mass is 32.2. The lowest BCUT2D eigenvalue weighted by molar-refractivity contribution is -0.122. The molecule has 1 amide bonds. The van der Waals surface area contributed by atoms with Crippen molar-refractivity contribution >= 4 is 27.3 Å². The van der Waals surface area contributed by atoms with Gasteiger partial charge < -0.3 is 9.64 Å². The number of anilines is 2. The Labute approximate surface area is 153 Å². The normalized spacial score (nSPS) is 13.6. The van der Waals surface area contributed by atoms with E-state index < -0.39 is 10.0 Å². The van der Waals surface area contributed by atoms with Crippen LogP contribution < -0.4 is 9.62 Å². The molecule has 2 aromatic carbocycles. The molecule has 1 heterocycles. The van der Waals surface area contributed by atoms with Crippen LogP contribution in [0.25, 0.3) is 0 Å². The lowest BCUT2D eigenvalue weighted by Crippen LogP contribution is -2.31. The number of nitrogens with one attached hydrogen (secondary N) is 1. The molecule has 0 aliphatic carbocycles. The highest BCUT2D eigenvalue weighted by Crippen LogP contribution is 2.31. The molecule has 0 saturated carbocycles. The van der Waals surface area contributed by atoms with Gasteiger partial charge >= 0.3 is 0 Å². The molecule has 0 bridgehead atoms. The molecule has 6 nitrogen and oxygen atoms in total. The minimum absolute atomic E-state index is 0.0284. The Bertz CT molecular complexity index is 954. The number of benzene rings is 2. The number of ether oxygens (including phenoxy) is 1. The third kappa shape index (κ3) is 3.59. The quantitative estimate of drug-likeness (QED) is 0.873. The van der Waals surface area contributed by atoms with Crippen LogP contribution in [-0.2, 0) is 26.0 Å². The van der Waals surface area contributed by atoms with E-state index >= 15 is 0 Å². The van der Waals surface area contributed by atoms with Gasteiger partial charge in [0.1, 0.15) is 6.61 Å². The fourth-order valence-electron chi connectivity index (χ4n) is 3.02. The van der Waals surface area contributed by atoms with Gasteiger partial charge in [-0.25, -0.2) is 8.42 Å². The molecular weight excluding hydrogens is 352 g/mol. The van der Waals surface area contributed by atoms with E-state index in [-0.39, 0.29) is 17.4 Å². The van der Waals surface area contributed by atoms with E-state index in [4.69, 9.17) is 4.74 Å². The van der Waals surface area contributed by atoms with Crippen LogP contribution in [0, 0.1) is 13.8 Å². The maximum Gasteiger partial charge on any atom is 0.261 e. The van der Waals surface area contributed by atoms with Gasteiger partial charge in [-0.3, -0.25) is 9.52 Å². The second kappa shape index (κ2) is 7.09. The molecule has 0 atom stereocenters. The van der Waals surface area contributed by atoms with Gasteiger partial charge in [0, 0.05) is 25.0 Å². The van der Waals surface area contributed by atoms with Crippen molar-refractivity contribution in [2.45, 2.75) is 25.2 Å². The maximum atomic E-state index is 12.6. The molecular formula is C19H22N2O4S. The first kappa shape index (κ1) is 18.4. The molecule has 1 aliphatic heterocycles. The molecule has 0 fully saturated rings. The highest BCUT2D eigenvalue weighted by Gasteiger charge is 2.25. The van der Waals surface area contributed by atoms with Gasteiger partial charge in [0.15, 0.2) is 0 Å².